The van der Waals surface area contributed by atoms with Crippen molar-refractivity contribution in [1.82, 2.24) is 10.2 Å². The van der Waals surface area contributed by atoms with Gasteiger partial charge in [-0.2, -0.15) is 0 Å². The largest absolute Gasteiger partial charge is 0.357 e. The second-order valence-electron chi connectivity index (χ2n) is 8.75. The average molecular weight is 526 g/mol. The molecule has 0 bridgehead atoms. The lowest BCUT2D eigenvalue weighted by Gasteiger charge is -2.32. The summed E-state index contributed by atoms with van der Waals surface area (Å²) in [5.41, 5.74) is 2.66. The molecule has 0 saturated carbocycles. The SMILES string of the molecule is CCc1ccccc1N(CC(=O)N(Cc1ccc(F)cc1)C(C)C(=O)NC)S(=O)(=O)c1ccc(C)cc1. The quantitative estimate of drug-likeness (QED) is 0.433. The van der Waals surface area contributed by atoms with E-state index in [4.69, 9.17) is 0 Å². The third-order valence-corrected chi connectivity index (χ3v) is 7.98. The zero-order valence-electron chi connectivity index (χ0n) is 21.4. The minimum atomic E-state index is -4.13. The number of benzene rings is 3. The maximum absolute atomic E-state index is 13.9. The predicted molar refractivity (Wildman–Crippen MR) is 142 cm³/mol. The molecule has 0 spiro atoms. The van der Waals surface area contributed by atoms with Crippen LogP contribution in [0.15, 0.2) is 77.7 Å². The fourth-order valence-corrected chi connectivity index (χ4v) is 5.43. The number of nitrogens with zero attached hydrogens (tertiary/aromatic N) is 2. The summed E-state index contributed by atoms with van der Waals surface area (Å²) >= 11 is 0. The molecule has 3 rings (SSSR count). The lowest BCUT2D eigenvalue weighted by atomic mass is 10.1. The second-order valence-corrected chi connectivity index (χ2v) is 10.6. The smallest absolute Gasteiger partial charge is 0.264 e. The Hall–Kier alpha value is -3.72. The molecule has 9 heteroatoms. The first-order valence-electron chi connectivity index (χ1n) is 12.0. The Kier molecular flexibility index (Phi) is 9.04. The maximum Gasteiger partial charge on any atom is 0.264 e. The highest BCUT2D eigenvalue weighted by molar-refractivity contribution is 7.92. The van der Waals surface area contributed by atoms with E-state index in [0.717, 1.165) is 15.4 Å². The summed E-state index contributed by atoms with van der Waals surface area (Å²) in [4.78, 5) is 27.6. The van der Waals surface area contributed by atoms with E-state index < -0.39 is 40.2 Å². The summed E-state index contributed by atoms with van der Waals surface area (Å²) in [6.07, 6.45) is 0.554. The third-order valence-electron chi connectivity index (χ3n) is 6.21. The van der Waals surface area contributed by atoms with Gasteiger partial charge in [0.25, 0.3) is 10.0 Å². The first-order valence-corrected chi connectivity index (χ1v) is 13.4. The van der Waals surface area contributed by atoms with E-state index in [1.54, 1.807) is 31.2 Å². The molecule has 3 aromatic carbocycles. The lowest BCUT2D eigenvalue weighted by Crippen LogP contribution is -2.50. The van der Waals surface area contributed by atoms with Gasteiger partial charge >= 0.3 is 0 Å². The molecule has 2 amide bonds. The van der Waals surface area contributed by atoms with Crippen LogP contribution < -0.4 is 9.62 Å². The number of hydrogen-bond donors (Lipinski definition) is 1. The molecule has 7 nitrogen and oxygen atoms in total. The van der Waals surface area contributed by atoms with Gasteiger partial charge in [0, 0.05) is 13.6 Å². The molecule has 0 aliphatic heterocycles. The fourth-order valence-electron chi connectivity index (χ4n) is 3.98. The van der Waals surface area contributed by atoms with Crippen molar-refractivity contribution in [3.63, 3.8) is 0 Å². The summed E-state index contributed by atoms with van der Waals surface area (Å²) in [7, 11) is -2.66. The summed E-state index contributed by atoms with van der Waals surface area (Å²) in [6.45, 7) is 4.82. The van der Waals surface area contributed by atoms with E-state index in [-0.39, 0.29) is 11.4 Å². The zero-order valence-corrected chi connectivity index (χ0v) is 22.3. The number of amides is 2. The van der Waals surface area contributed by atoms with Crippen LogP contribution in [0.5, 0.6) is 0 Å². The minimum Gasteiger partial charge on any atom is -0.357 e. The molecule has 1 unspecified atom stereocenters. The van der Waals surface area contributed by atoms with E-state index in [9.17, 15) is 22.4 Å². The van der Waals surface area contributed by atoms with Crippen LogP contribution in [0.25, 0.3) is 0 Å². The van der Waals surface area contributed by atoms with E-state index in [1.807, 2.05) is 26.0 Å². The van der Waals surface area contributed by atoms with Crippen molar-refractivity contribution < 1.29 is 22.4 Å². The molecule has 0 aromatic heterocycles. The van der Waals surface area contributed by atoms with Crippen LogP contribution in [0.1, 0.15) is 30.5 Å². The fraction of sp³-hybridized carbons (Fsp3) is 0.286. The van der Waals surface area contributed by atoms with Crippen molar-refractivity contribution in [1.29, 1.82) is 0 Å². The van der Waals surface area contributed by atoms with Crippen molar-refractivity contribution in [3.05, 3.63) is 95.3 Å². The van der Waals surface area contributed by atoms with Crippen molar-refractivity contribution >= 4 is 27.5 Å². The number of aryl methyl sites for hydroxylation is 2. The number of carbonyl (C=O) groups is 2. The molecule has 37 heavy (non-hydrogen) atoms. The van der Waals surface area contributed by atoms with Crippen molar-refractivity contribution in [2.75, 3.05) is 17.9 Å². The van der Waals surface area contributed by atoms with Gasteiger partial charge in [0.1, 0.15) is 18.4 Å². The molecule has 0 heterocycles. The van der Waals surface area contributed by atoms with E-state index in [0.29, 0.717) is 17.7 Å². The Balaban J connectivity index is 2.06. The molecule has 0 saturated heterocycles. The zero-order chi connectivity index (χ0) is 27.2. The minimum absolute atomic E-state index is 0.00153. The molecule has 0 radical (unpaired) electrons. The monoisotopic (exact) mass is 525 g/mol. The van der Waals surface area contributed by atoms with Crippen LogP contribution in [-0.2, 0) is 32.6 Å². The Morgan fingerprint density at radius 1 is 0.973 bits per heavy atom. The Bertz CT molecular complexity index is 1340. The van der Waals surface area contributed by atoms with Gasteiger partial charge in [-0.15, -0.1) is 0 Å². The molecule has 0 aliphatic carbocycles. The van der Waals surface area contributed by atoms with Crippen LogP contribution in [0.2, 0.25) is 0 Å². The Labute approximate surface area is 218 Å². The average Bonchev–Trinajstić information content (AvgIpc) is 2.90. The third kappa shape index (κ3) is 6.54. The molecule has 3 aromatic rings. The number of para-hydroxylation sites is 1. The van der Waals surface area contributed by atoms with Gasteiger partial charge in [-0.05, 0) is 61.7 Å². The Morgan fingerprint density at radius 3 is 2.19 bits per heavy atom. The van der Waals surface area contributed by atoms with Crippen molar-refractivity contribution in [2.24, 2.45) is 0 Å². The van der Waals surface area contributed by atoms with E-state index in [1.165, 1.54) is 48.3 Å². The summed E-state index contributed by atoms with van der Waals surface area (Å²) < 4.78 is 42.3. The van der Waals surface area contributed by atoms with Crippen LogP contribution >= 0.6 is 0 Å². The van der Waals surface area contributed by atoms with Crippen LogP contribution in [0.3, 0.4) is 0 Å². The highest BCUT2D eigenvalue weighted by atomic mass is 32.2. The number of nitrogens with one attached hydrogen (secondary N) is 1. The van der Waals surface area contributed by atoms with Gasteiger partial charge in [0.05, 0.1) is 10.6 Å². The number of hydrogen-bond acceptors (Lipinski definition) is 4. The summed E-state index contributed by atoms with van der Waals surface area (Å²) in [6, 6.07) is 18.2. The van der Waals surface area contributed by atoms with Crippen LogP contribution in [-0.4, -0.2) is 44.8 Å². The van der Waals surface area contributed by atoms with Gasteiger partial charge < -0.3 is 10.2 Å². The maximum atomic E-state index is 13.9. The van der Waals surface area contributed by atoms with Gasteiger partial charge in [0.2, 0.25) is 11.8 Å². The van der Waals surface area contributed by atoms with E-state index in [2.05, 4.69) is 5.32 Å². The van der Waals surface area contributed by atoms with Crippen molar-refractivity contribution in [2.45, 2.75) is 44.7 Å². The molecule has 0 fully saturated rings. The van der Waals surface area contributed by atoms with Crippen LogP contribution in [0.4, 0.5) is 10.1 Å². The van der Waals surface area contributed by atoms with E-state index >= 15 is 0 Å². The topological polar surface area (TPSA) is 86.8 Å². The van der Waals surface area contributed by atoms with Crippen LogP contribution in [0, 0.1) is 12.7 Å². The number of sulfonamides is 1. The first kappa shape index (κ1) is 27.9. The predicted octanol–water partition coefficient (Wildman–Crippen LogP) is 4.06. The highest BCUT2D eigenvalue weighted by Gasteiger charge is 2.33. The van der Waals surface area contributed by atoms with Gasteiger partial charge in [-0.25, -0.2) is 12.8 Å². The Morgan fingerprint density at radius 2 is 1.59 bits per heavy atom. The number of halogens is 1. The highest BCUT2D eigenvalue weighted by Crippen LogP contribution is 2.28. The summed E-state index contributed by atoms with van der Waals surface area (Å²) in [5.74, 6) is -1.40. The first-order chi connectivity index (χ1) is 17.6. The lowest BCUT2D eigenvalue weighted by molar-refractivity contribution is -0.139. The van der Waals surface area contributed by atoms with Gasteiger partial charge in [-0.1, -0.05) is 55.0 Å². The molecule has 196 valence electrons. The second kappa shape index (κ2) is 12.0. The standard InChI is InChI=1S/C28H32FN3O4S/c1-5-23-8-6-7-9-26(23)32(37(35,36)25-16-10-20(2)11-17-25)19-27(33)31(21(3)28(34)30-4)18-22-12-14-24(29)15-13-22/h6-17,21H,5,18-19H2,1-4H3,(H,30,34). The van der Waals surface area contributed by atoms with Crippen molar-refractivity contribution in [3.8, 4) is 0 Å². The molecule has 0 aliphatic rings. The molecular formula is C28H32FN3O4S. The number of likely N-dealkylation sites (N-methyl/N-ethyl adjacent to an activating group) is 1. The molecule has 1 N–H and O–H groups in total. The number of anilines is 1. The molecule has 1 atom stereocenters. The van der Waals surface area contributed by atoms with Gasteiger partial charge in [0.15, 0.2) is 0 Å². The number of rotatable bonds is 10. The number of carbonyl (C=O) groups excluding carboxylic acids is 2. The normalized spacial score (nSPS) is 12.0. The molecular weight excluding hydrogens is 493 g/mol. The summed E-state index contributed by atoms with van der Waals surface area (Å²) in [5, 5.41) is 2.53. The van der Waals surface area contributed by atoms with Gasteiger partial charge in [-0.3, -0.25) is 13.9 Å².